The van der Waals surface area contributed by atoms with E-state index in [1.165, 1.54) is 19.3 Å². The lowest BCUT2D eigenvalue weighted by Crippen LogP contribution is -2.01. The van der Waals surface area contributed by atoms with Crippen LogP contribution in [-0.4, -0.2) is 13.3 Å². The zero-order valence-corrected chi connectivity index (χ0v) is 6.56. The summed E-state index contributed by atoms with van der Waals surface area (Å²) in [5, 5.41) is 0. The van der Waals surface area contributed by atoms with Crippen LogP contribution in [0.25, 0.3) is 0 Å². The fourth-order valence-electron chi connectivity index (χ4n) is 1.02. The van der Waals surface area contributed by atoms with Crippen LogP contribution in [0.1, 0.15) is 33.1 Å². The first-order valence-electron chi connectivity index (χ1n) is 3.77. The molecule has 0 aromatic heterocycles. The van der Waals surface area contributed by atoms with Crippen molar-refractivity contribution in [3.05, 3.63) is 0 Å². The standard InChI is InChI=1S/C8H17N/c1-4-6-8(5-2)7-9-3/h8H,3-7H2,1-2H3. The van der Waals surface area contributed by atoms with Crippen LogP contribution in [-0.2, 0) is 0 Å². The lowest BCUT2D eigenvalue weighted by atomic mass is 10.0. The van der Waals surface area contributed by atoms with E-state index >= 15 is 0 Å². The third kappa shape index (κ3) is 4.19. The Hall–Kier alpha value is -0.330. The molecule has 1 atom stereocenters. The lowest BCUT2D eigenvalue weighted by Gasteiger charge is -2.08. The van der Waals surface area contributed by atoms with E-state index in [1.807, 2.05) is 0 Å². The first kappa shape index (κ1) is 8.67. The minimum Gasteiger partial charge on any atom is -0.301 e. The lowest BCUT2D eigenvalue weighted by molar-refractivity contribution is 0.477. The quantitative estimate of drug-likeness (QED) is 0.503. The Morgan fingerprint density at radius 2 is 2.11 bits per heavy atom. The van der Waals surface area contributed by atoms with Gasteiger partial charge in [-0.15, -0.1) is 0 Å². The first-order valence-corrected chi connectivity index (χ1v) is 3.77. The van der Waals surface area contributed by atoms with Gasteiger partial charge in [-0.3, -0.25) is 0 Å². The van der Waals surface area contributed by atoms with Gasteiger partial charge in [0.1, 0.15) is 0 Å². The third-order valence-corrected chi connectivity index (χ3v) is 1.66. The summed E-state index contributed by atoms with van der Waals surface area (Å²) in [6.45, 7) is 8.86. The molecule has 0 radical (unpaired) electrons. The molecule has 0 bridgehead atoms. The molecule has 9 heavy (non-hydrogen) atoms. The molecule has 0 rings (SSSR count). The van der Waals surface area contributed by atoms with Crippen molar-refractivity contribution in [1.29, 1.82) is 0 Å². The maximum Gasteiger partial charge on any atom is 0.0410 e. The van der Waals surface area contributed by atoms with Gasteiger partial charge in [0, 0.05) is 6.54 Å². The van der Waals surface area contributed by atoms with Gasteiger partial charge in [-0.2, -0.15) is 0 Å². The van der Waals surface area contributed by atoms with Crippen molar-refractivity contribution in [2.75, 3.05) is 6.54 Å². The molecule has 0 aliphatic heterocycles. The van der Waals surface area contributed by atoms with Crippen molar-refractivity contribution >= 4 is 6.72 Å². The second-order valence-corrected chi connectivity index (χ2v) is 2.47. The Kier molecular flexibility index (Phi) is 5.59. The van der Waals surface area contributed by atoms with E-state index in [9.17, 15) is 0 Å². The maximum atomic E-state index is 3.88. The molecule has 1 heteroatoms. The Morgan fingerprint density at radius 3 is 2.44 bits per heavy atom. The number of hydrogen-bond acceptors (Lipinski definition) is 1. The van der Waals surface area contributed by atoms with Crippen LogP contribution >= 0.6 is 0 Å². The van der Waals surface area contributed by atoms with Gasteiger partial charge < -0.3 is 4.99 Å². The summed E-state index contributed by atoms with van der Waals surface area (Å²) in [6, 6.07) is 0. The SMILES string of the molecule is C=NCC(CC)CCC. The molecule has 0 aromatic carbocycles. The average Bonchev–Trinajstić information content (AvgIpc) is 1.88. The van der Waals surface area contributed by atoms with Crippen LogP contribution in [0.5, 0.6) is 0 Å². The third-order valence-electron chi connectivity index (χ3n) is 1.66. The molecule has 0 spiro atoms. The van der Waals surface area contributed by atoms with Crippen molar-refractivity contribution < 1.29 is 0 Å². The number of rotatable bonds is 5. The molecule has 0 saturated heterocycles. The molecule has 0 amide bonds. The van der Waals surface area contributed by atoms with E-state index in [2.05, 4.69) is 25.6 Å². The summed E-state index contributed by atoms with van der Waals surface area (Å²) < 4.78 is 0. The second kappa shape index (κ2) is 5.80. The molecule has 0 aliphatic rings. The van der Waals surface area contributed by atoms with Gasteiger partial charge in [-0.1, -0.05) is 26.7 Å². The Morgan fingerprint density at radius 1 is 1.44 bits per heavy atom. The van der Waals surface area contributed by atoms with Gasteiger partial charge >= 0.3 is 0 Å². The van der Waals surface area contributed by atoms with Crippen molar-refractivity contribution in [3.8, 4) is 0 Å². The van der Waals surface area contributed by atoms with Crippen LogP contribution in [0.3, 0.4) is 0 Å². The normalized spacial score (nSPS) is 13.1. The summed E-state index contributed by atoms with van der Waals surface area (Å²) in [6.07, 6.45) is 3.82. The zero-order chi connectivity index (χ0) is 7.11. The molecule has 0 aliphatic carbocycles. The summed E-state index contributed by atoms with van der Waals surface area (Å²) in [4.78, 5) is 3.88. The van der Waals surface area contributed by atoms with Gasteiger partial charge in [0.05, 0.1) is 0 Å². The Labute approximate surface area is 58.2 Å². The zero-order valence-electron chi connectivity index (χ0n) is 6.56. The predicted molar refractivity (Wildman–Crippen MR) is 43.1 cm³/mol. The van der Waals surface area contributed by atoms with Gasteiger partial charge in [0.2, 0.25) is 0 Å². The molecule has 0 N–H and O–H groups in total. The van der Waals surface area contributed by atoms with Crippen LogP contribution < -0.4 is 0 Å². The molecule has 1 nitrogen and oxygen atoms in total. The summed E-state index contributed by atoms with van der Waals surface area (Å²) in [7, 11) is 0. The van der Waals surface area contributed by atoms with Crippen LogP contribution in [0.2, 0.25) is 0 Å². The van der Waals surface area contributed by atoms with Gasteiger partial charge in [0.15, 0.2) is 0 Å². The van der Waals surface area contributed by atoms with E-state index < -0.39 is 0 Å². The monoisotopic (exact) mass is 127 g/mol. The largest absolute Gasteiger partial charge is 0.301 e. The van der Waals surface area contributed by atoms with E-state index in [1.54, 1.807) is 0 Å². The average molecular weight is 127 g/mol. The van der Waals surface area contributed by atoms with Gasteiger partial charge in [-0.25, -0.2) is 0 Å². The van der Waals surface area contributed by atoms with Crippen molar-refractivity contribution in [2.24, 2.45) is 10.9 Å². The fraction of sp³-hybridized carbons (Fsp3) is 0.875. The van der Waals surface area contributed by atoms with Gasteiger partial charge in [0.25, 0.3) is 0 Å². The summed E-state index contributed by atoms with van der Waals surface area (Å²) in [5.74, 6) is 0.785. The highest BCUT2D eigenvalue weighted by Crippen LogP contribution is 2.09. The second-order valence-electron chi connectivity index (χ2n) is 2.47. The van der Waals surface area contributed by atoms with E-state index in [-0.39, 0.29) is 0 Å². The molecule has 0 saturated carbocycles. The topological polar surface area (TPSA) is 12.4 Å². The maximum absolute atomic E-state index is 3.88. The summed E-state index contributed by atoms with van der Waals surface area (Å²) >= 11 is 0. The van der Waals surface area contributed by atoms with Crippen LogP contribution in [0.15, 0.2) is 4.99 Å². The van der Waals surface area contributed by atoms with E-state index in [0.717, 1.165) is 12.5 Å². The van der Waals surface area contributed by atoms with Crippen molar-refractivity contribution in [1.82, 2.24) is 0 Å². The van der Waals surface area contributed by atoms with Gasteiger partial charge in [-0.05, 0) is 19.1 Å². The molecule has 0 aromatic rings. The number of nitrogens with zero attached hydrogens (tertiary/aromatic N) is 1. The van der Waals surface area contributed by atoms with Crippen LogP contribution in [0, 0.1) is 5.92 Å². The Bertz CT molecular complexity index is 69.0. The molecule has 1 unspecified atom stereocenters. The number of hydrogen-bond donors (Lipinski definition) is 0. The minimum absolute atomic E-state index is 0.785. The van der Waals surface area contributed by atoms with Crippen LogP contribution in [0.4, 0.5) is 0 Å². The minimum atomic E-state index is 0.785. The fourth-order valence-corrected chi connectivity index (χ4v) is 1.02. The molecule has 0 heterocycles. The molecular weight excluding hydrogens is 110 g/mol. The number of aliphatic imine (C=N–C) groups is 1. The van der Waals surface area contributed by atoms with E-state index in [0.29, 0.717) is 0 Å². The van der Waals surface area contributed by atoms with Crippen molar-refractivity contribution in [3.63, 3.8) is 0 Å². The molecule has 0 fully saturated rings. The molecule has 54 valence electrons. The van der Waals surface area contributed by atoms with E-state index in [4.69, 9.17) is 0 Å². The predicted octanol–water partition coefficient (Wildman–Crippen LogP) is 2.51. The highest BCUT2D eigenvalue weighted by atomic mass is 14.7. The smallest absolute Gasteiger partial charge is 0.0410 e. The van der Waals surface area contributed by atoms with Crippen molar-refractivity contribution in [2.45, 2.75) is 33.1 Å². The Balaban J connectivity index is 3.28. The highest BCUT2D eigenvalue weighted by molar-refractivity contribution is 5.23. The first-order chi connectivity index (χ1) is 4.35. The molecular formula is C8H17N. The highest BCUT2D eigenvalue weighted by Gasteiger charge is 2.01. The summed E-state index contributed by atoms with van der Waals surface area (Å²) in [5.41, 5.74) is 0.